The third-order valence-electron chi connectivity index (χ3n) is 6.39. The van der Waals surface area contributed by atoms with E-state index in [1.807, 2.05) is 43.3 Å². The highest BCUT2D eigenvalue weighted by atomic mass is 32.2. The second-order valence-corrected chi connectivity index (χ2v) is 10.8. The van der Waals surface area contributed by atoms with Gasteiger partial charge < -0.3 is 19.9 Å². The van der Waals surface area contributed by atoms with Crippen LogP contribution in [0.25, 0.3) is 0 Å². The number of carbonyl (C=O) groups excluding carboxylic acids is 1. The lowest BCUT2D eigenvalue weighted by molar-refractivity contribution is -0.116. The molecule has 8 nitrogen and oxygen atoms in total. The Kier molecular flexibility index (Phi) is 8.20. The van der Waals surface area contributed by atoms with E-state index in [4.69, 9.17) is 4.74 Å². The Bertz CT molecular complexity index is 1050. The van der Waals surface area contributed by atoms with Crippen molar-refractivity contribution in [3.8, 4) is 0 Å². The van der Waals surface area contributed by atoms with E-state index in [-0.39, 0.29) is 5.91 Å². The fraction of sp³-hybridized carbons (Fsp3) is 0.480. The number of benzene rings is 2. The maximum absolute atomic E-state index is 13.0. The molecule has 2 aliphatic heterocycles. The Hall–Kier alpha value is -2.46. The minimum atomic E-state index is -3.49. The van der Waals surface area contributed by atoms with Gasteiger partial charge in [-0.3, -0.25) is 4.79 Å². The van der Waals surface area contributed by atoms with Crippen LogP contribution in [0.4, 0.5) is 11.4 Å². The molecule has 0 aliphatic carbocycles. The van der Waals surface area contributed by atoms with Gasteiger partial charge in [0.05, 0.1) is 18.1 Å². The van der Waals surface area contributed by atoms with E-state index in [0.717, 1.165) is 56.2 Å². The van der Waals surface area contributed by atoms with Gasteiger partial charge in [0.15, 0.2) is 0 Å². The smallest absolute Gasteiger partial charge is 0.243 e. The summed E-state index contributed by atoms with van der Waals surface area (Å²) in [6.07, 6.45) is 1.12. The lowest BCUT2D eigenvalue weighted by atomic mass is 10.2. The molecule has 4 rings (SSSR count). The molecule has 2 saturated heterocycles. The van der Waals surface area contributed by atoms with Crippen LogP contribution in [0.15, 0.2) is 53.4 Å². The molecule has 2 aliphatic rings. The van der Waals surface area contributed by atoms with Gasteiger partial charge in [-0.05, 0) is 56.3 Å². The molecule has 2 fully saturated rings. The maximum Gasteiger partial charge on any atom is 0.243 e. The largest absolute Gasteiger partial charge is 0.378 e. The SMILES string of the molecule is Cc1ccc(S(=O)(=O)N2CCCN(CCC(=O)Nc3ccc(N4CCOCC4)cc3)CC2)cc1. The number of ether oxygens (including phenoxy) is 1. The van der Waals surface area contributed by atoms with E-state index in [1.165, 1.54) is 0 Å². The molecule has 0 unspecified atom stereocenters. The van der Waals surface area contributed by atoms with Crippen molar-refractivity contribution in [2.75, 3.05) is 69.2 Å². The Morgan fingerprint density at radius 2 is 1.62 bits per heavy atom. The number of anilines is 2. The van der Waals surface area contributed by atoms with Gasteiger partial charge in [-0.25, -0.2) is 8.42 Å². The molecule has 0 aromatic heterocycles. The molecule has 0 radical (unpaired) electrons. The van der Waals surface area contributed by atoms with Crippen LogP contribution in [-0.2, 0) is 19.6 Å². The van der Waals surface area contributed by atoms with Gasteiger partial charge in [0.1, 0.15) is 0 Å². The number of hydrogen-bond donors (Lipinski definition) is 1. The molecule has 2 aromatic rings. The summed E-state index contributed by atoms with van der Waals surface area (Å²) in [5, 5.41) is 2.97. The maximum atomic E-state index is 13.0. The van der Waals surface area contributed by atoms with Crippen LogP contribution >= 0.6 is 0 Å². The summed E-state index contributed by atoms with van der Waals surface area (Å²) in [6, 6.07) is 14.9. The number of carbonyl (C=O) groups is 1. The molecule has 0 spiro atoms. The molecule has 2 heterocycles. The number of morpholine rings is 1. The van der Waals surface area contributed by atoms with Crippen molar-refractivity contribution in [2.45, 2.75) is 24.7 Å². The third-order valence-corrected chi connectivity index (χ3v) is 8.30. The van der Waals surface area contributed by atoms with E-state index in [9.17, 15) is 13.2 Å². The van der Waals surface area contributed by atoms with E-state index < -0.39 is 10.0 Å². The van der Waals surface area contributed by atoms with Gasteiger partial charge >= 0.3 is 0 Å². The van der Waals surface area contributed by atoms with E-state index in [2.05, 4.69) is 15.1 Å². The van der Waals surface area contributed by atoms with Crippen LogP contribution < -0.4 is 10.2 Å². The van der Waals surface area contributed by atoms with Crippen LogP contribution in [0.1, 0.15) is 18.4 Å². The van der Waals surface area contributed by atoms with E-state index in [0.29, 0.717) is 37.5 Å². The van der Waals surface area contributed by atoms with Gasteiger partial charge in [-0.1, -0.05) is 17.7 Å². The summed E-state index contributed by atoms with van der Waals surface area (Å²) in [5.41, 5.74) is 2.96. The van der Waals surface area contributed by atoms with Crippen molar-refractivity contribution in [1.82, 2.24) is 9.21 Å². The lowest BCUT2D eigenvalue weighted by Gasteiger charge is -2.28. The highest BCUT2D eigenvalue weighted by Gasteiger charge is 2.27. The zero-order valence-electron chi connectivity index (χ0n) is 19.8. The Balaban J connectivity index is 1.24. The molecule has 1 N–H and O–H groups in total. The number of nitrogens with zero attached hydrogens (tertiary/aromatic N) is 3. The normalized spacial score (nSPS) is 18.4. The van der Waals surface area contributed by atoms with Crippen LogP contribution in [-0.4, -0.2) is 82.6 Å². The summed E-state index contributed by atoms with van der Waals surface area (Å²) in [6.45, 7) is 8.11. The summed E-state index contributed by atoms with van der Waals surface area (Å²) in [4.78, 5) is 17.3. The summed E-state index contributed by atoms with van der Waals surface area (Å²) >= 11 is 0. The average molecular weight is 487 g/mol. The minimum Gasteiger partial charge on any atom is -0.378 e. The first-order chi connectivity index (χ1) is 16.4. The number of nitrogens with one attached hydrogen (secondary N) is 1. The van der Waals surface area contributed by atoms with Crippen molar-refractivity contribution in [2.24, 2.45) is 0 Å². The fourth-order valence-corrected chi connectivity index (χ4v) is 5.80. The zero-order chi connectivity index (χ0) is 24.0. The molecule has 2 aromatic carbocycles. The van der Waals surface area contributed by atoms with Crippen molar-refractivity contribution in [3.05, 3.63) is 54.1 Å². The monoisotopic (exact) mass is 486 g/mol. The lowest BCUT2D eigenvalue weighted by Crippen LogP contribution is -2.36. The van der Waals surface area contributed by atoms with Crippen molar-refractivity contribution < 1.29 is 17.9 Å². The molecule has 0 atom stereocenters. The molecule has 184 valence electrons. The molecule has 9 heteroatoms. The number of aryl methyl sites for hydroxylation is 1. The second-order valence-electron chi connectivity index (χ2n) is 8.86. The van der Waals surface area contributed by atoms with Crippen molar-refractivity contribution in [1.29, 1.82) is 0 Å². The summed E-state index contributed by atoms with van der Waals surface area (Å²) in [7, 11) is -3.49. The molecular weight excluding hydrogens is 452 g/mol. The summed E-state index contributed by atoms with van der Waals surface area (Å²) in [5.74, 6) is -0.0347. The van der Waals surface area contributed by atoms with Crippen molar-refractivity contribution in [3.63, 3.8) is 0 Å². The van der Waals surface area contributed by atoms with Gasteiger partial charge in [0.2, 0.25) is 15.9 Å². The first kappa shape index (κ1) is 24.7. The Morgan fingerprint density at radius 1 is 0.912 bits per heavy atom. The number of amides is 1. The highest BCUT2D eigenvalue weighted by Crippen LogP contribution is 2.20. The van der Waals surface area contributed by atoms with Crippen molar-refractivity contribution >= 4 is 27.3 Å². The average Bonchev–Trinajstić information content (AvgIpc) is 3.10. The first-order valence-corrected chi connectivity index (χ1v) is 13.4. The molecule has 1 amide bonds. The predicted molar refractivity (Wildman–Crippen MR) is 134 cm³/mol. The standard InChI is InChI=1S/C25H34N4O4S/c1-21-3-9-24(10-4-21)34(31,32)29-13-2-12-27(15-16-29)14-11-25(30)26-22-5-7-23(8-6-22)28-17-19-33-20-18-28/h3-10H,2,11-20H2,1H3,(H,26,30). The predicted octanol–water partition coefficient (Wildman–Crippen LogP) is 2.56. The number of sulfonamides is 1. The third kappa shape index (κ3) is 6.35. The van der Waals surface area contributed by atoms with Gasteiger partial charge in [-0.2, -0.15) is 4.31 Å². The number of hydrogen-bond acceptors (Lipinski definition) is 6. The topological polar surface area (TPSA) is 82.2 Å². The fourth-order valence-electron chi connectivity index (χ4n) is 4.33. The van der Waals surface area contributed by atoms with Gasteiger partial charge in [-0.15, -0.1) is 0 Å². The Labute approximate surface area is 202 Å². The quantitative estimate of drug-likeness (QED) is 0.648. The number of rotatable bonds is 7. The van der Waals surface area contributed by atoms with Crippen LogP contribution in [0, 0.1) is 6.92 Å². The molecule has 0 saturated carbocycles. The molecule has 0 bridgehead atoms. The second kappa shape index (κ2) is 11.3. The van der Waals surface area contributed by atoms with E-state index >= 15 is 0 Å². The van der Waals surface area contributed by atoms with E-state index in [1.54, 1.807) is 16.4 Å². The summed E-state index contributed by atoms with van der Waals surface area (Å²) < 4.78 is 32.9. The highest BCUT2D eigenvalue weighted by molar-refractivity contribution is 7.89. The van der Waals surface area contributed by atoms with Crippen LogP contribution in [0.2, 0.25) is 0 Å². The van der Waals surface area contributed by atoms with Gasteiger partial charge in [0, 0.05) is 57.1 Å². The van der Waals surface area contributed by atoms with Crippen LogP contribution in [0.3, 0.4) is 0 Å². The minimum absolute atomic E-state index is 0.0347. The Morgan fingerprint density at radius 3 is 2.32 bits per heavy atom. The molecular formula is C25H34N4O4S. The van der Waals surface area contributed by atoms with Gasteiger partial charge in [0.25, 0.3) is 0 Å². The first-order valence-electron chi connectivity index (χ1n) is 11.9. The molecule has 34 heavy (non-hydrogen) atoms. The van der Waals surface area contributed by atoms with Crippen LogP contribution in [0.5, 0.6) is 0 Å². The zero-order valence-corrected chi connectivity index (χ0v) is 20.6.